The molecule has 1 fully saturated rings. The van der Waals surface area contributed by atoms with Crippen LogP contribution in [0, 0.1) is 6.92 Å². The first-order valence-electron chi connectivity index (χ1n) is 13.9. The van der Waals surface area contributed by atoms with Gasteiger partial charge in [0.25, 0.3) is 0 Å². The Morgan fingerprint density at radius 2 is 1.60 bits per heavy atom. The van der Waals surface area contributed by atoms with Crippen LogP contribution in [0.4, 0.5) is 10.1 Å². The van der Waals surface area contributed by atoms with Crippen LogP contribution < -0.4 is 20.9 Å². The second-order valence-corrected chi connectivity index (χ2v) is 10.9. The highest BCUT2D eigenvalue weighted by Gasteiger charge is 2.21. The van der Waals surface area contributed by atoms with Gasteiger partial charge in [-0.15, -0.1) is 11.6 Å². The summed E-state index contributed by atoms with van der Waals surface area (Å²) in [6.07, 6.45) is 5.04. The Balaban J connectivity index is 1.60. The zero-order chi connectivity index (χ0) is 28.8. The predicted molar refractivity (Wildman–Crippen MR) is 167 cm³/mol. The van der Waals surface area contributed by atoms with Crippen LogP contribution in [-0.4, -0.2) is 67.1 Å². The van der Waals surface area contributed by atoms with Gasteiger partial charge in [-0.25, -0.2) is 4.39 Å². The summed E-state index contributed by atoms with van der Waals surface area (Å²) in [5.74, 6) is -0.469. The molecule has 212 valence electrons. The van der Waals surface area contributed by atoms with Crippen LogP contribution >= 0.6 is 11.6 Å². The zero-order valence-corrected chi connectivity index (χ0v) is 24.8. The van der Waals surface area contributed by atoms with Gasteiger partial charge in [-0.1, -0.05) is 37.8 Å². The van der Waals surface area contributed by atoms with Crippen LogP contribution in [0.25, 0.3) is 18.3 Å². The van der Waals surface area contributed by atoms with Crippen LogP contribution in [-0.2, 0) is 12.8 Å². The Kier molecular flexibility index (Phi) is 9.88. The molecule has 1 aliphatic heterocycles. The SMILES string of the molecule is C=c1/c(=C\C(F)=C(/CCl)N2CCN(c3ccc(CC)cc3)CC2)c(=O)c(C)cn1-c1ccc(CCN(C)C)cc1. The second kappa shape index (κ2) is 13.3. The number of halogens is 2. The Bertz CT molecular complexity index is 1500. The van der Waals surface area contributed by atoms with E-state index in [-0.39, 0.29) is 16.5 Å². The van der Waals surface area contributed by atoms with E-state index in [9.17, 15) is 4.79 Å². The summed E-state index contributed by atoms with van der Waals surface area (Å²) in [5.41, 5.74) is 5.29. The van der Waals surface area contributed by atoms with Gasteiger partial charge >= 0.3 is 0 Å². The van der Waals surface area contributed by atoms with Gasteiger partial charge in [0.15, 0.2) is 5.43 Å². The maximum atomic E-state index is 15.8. The lowest BCUT2D eigenvalue weighted by molar-refractivity contribution is 0.314. The van der Waals surface area contributed by atoms with E-state index in [1.807, 2.05) is 21.6 Å². The third kappa shape index (κ3) is 6.86. The van der Waals surface area contributed by atoms with E-state index in [1.165, 1.54) is 22.9 Å². The van der Waals surface area contributed by atoms with Crippen molar-refractivity contribution < 1.29 is 4.39 Å². The van der Waals surface area contributed by atoms with Crippen molar-refractivity contribution in [2.45, 2.75) is 26.7 Å². The maximum Gasteiger partial charge on any atom is 0.192 e. The minimum absolute atomic E-state index is 0.0222. The number of anilines is 1. The van der Waals surface area contributed by atoms with Crippen molar-refractivity contribution in [3.05, 3.63) is 104 Å². The largest absolute Gasteiger partial charge is 0.368 e. The average Bonchev–Trinajstić information content (AvgIpc) is 2.97. The average molecular weight is 563 g/mol. The second-order valence-electron chi connectivity index (χ2n) is 10.7. The van der Waals surface area contributed by atoms with Crippen LogP contribution in [0.5, 0.6) is 0 Å². The van der Waals surface area contributed by atoms with Crippen molar-refractivity contribution in [2.75, 3.05) is 57.6 Å². The van der Waals surface area contributed by atoms with Crippen LogP contribution in [0.2, 0.25) is 0 Å². The molecule has 0 saturated carbocycles. The fraction of sp³-hybridized carbons (Fsp3) is 0.364. The number of piperazine rings is 1. The topological polar surface area (TPSA) is 31.7 Å². The summed E-state index contributed by atoms with van der Waals surface area (Å²) in [6.45, 7) is 11.9. The fourth-order valence-corrected chi connectivity index (χ4v) is 5.34. The number of hydrogen-bond acceptors (Lipinski definition) is 4. The Hall–Kier alpha value is -3.35. The molecule has 1 aromatic heterocycles. The smallest absolute Gasteiger partial charge is 0.192 e. The minimum Gasteiger partial charge on any atom is -0.368 e. The lowest BCUT2D eigenvalue weighted by Crippen LogP contribution is -2.47. The van der Waals surface area contributed by atoms with Gasteiger partial charge in [0.2, 0.25) is 0 Å². The molecule has 2 aromatic carbocycles. The number of alkyl halides is 1. The number of aromatic nitrogens is 1. The van der Waals surface area contributed by atoms with Crippen molar-refractivity contribution in [1.29, 1.82) is 0 Å². The Morgan fingerprint density at radius 1 is 1.00 bits per heavy atom. The quantitative estimate of drug-likeness (QED) is 0.365. The third-order valence-corrected chi connectivity index (χ3v) is 7.89. The molecule has 2 heterocycles. The first kappa shape index (κ1) is 29.6. The molecule has 1 saturated heterocycles. The molecule has 0 radical (unpaired) electrons. The van der Waals surface area contributed by atoms with Gasteiger partial charge in [0.05, 0.1) is 11.6 Å². The zero-order valence-electron chi connectivity index (χ0n) is 24.1. The number of allylic oxidation sites excluding steroid dienone is 2. The summed E-state index contributed by atoms with van der Waals surface area (Å²) in [5, 5.41) is 0.688. The van der Waals surface area contributed by atoms with Crippen molar-refractivity contribution in [3.63, 3.8) is 0 Å². The molecule has 0 amide bonds. The molecule has 3 aromatic rings. The number of rotatable bonds is 9. The fourth-order valence-electron chi connectivity index (χ4n) is 5.05. The molecule has 40 heavy (non-hydrogen) atoms. The monoisotopic (exact) mass is 562 g/mol. The number of pyridine rings is 1. The molecule has 0 atom stereocenters. The first-order chi connectivity index (χ1) is 19.2. The standard InChI is InChI=1S/C33H40ClFN4O/c1-6-26-7-11-28(12-8-26)37-17-19-38(20-18-37)32(22-34)31(35)21-30-25(3)39(23-24(2)33(30)40)29-13-9-27(10-14-29)15-16-36(4)5/h7-14,21,23H,3,6,15-20,22H2,1-2,4-5H3/b30-21+,32-31-. The molecule has 0 bridgehead atoms. The van der Waals surface area contributed by atoms with E-state index < -0.39 is 5.83 Å². The van der Waals surface area contributed by atoms with Crippen LogP contribution in [0.15, 0.2) is 71.0 Å². The number of benzene rings is 2. The molecule has 7 heteroatoms. The summed E-state index contributed by atoms with van der Waals surface area (Å²) in [6, 6.07) is 16.8. The highest BCUT2D eigenvalue weighted by Crippen LogP contribution is 2.22. The van der Waals surface area contributed by atoms with E-state index in [0.29, 0.717) is 29.7 Å². The molecule has 0 N–H and O–H groups in total. The molecule has 5 nitrogen and oxygen atoms in total. The summed E-state index contributed by atoms with van der Waals surface area (Å²) in [4.78, 5) is 19.6. The number of likely N-dealkylation sites (N-methyl/N-ethyl adjacent to an activating group) is 1. The van der Waals surface area contributed by atoms with Gasteiger partial charge in [-0.3, -0.25) is 4.79 Å². The molecule has 0 unspecified atom stereocenters. The normalized spacial score (nSPS) is 15.1. The Morgan fingerprint density at radius 3 is 2.17 bits per heavy atom. The van der Waals surface area contributed by atoms with Crippen molar-refractivity contribution in [3.8, 4) is 5.69 Å². The maximum absolute atomic E-state index is 15.8. The summed E-state index contributed by atoms with van der Waals surface area (Å²) >= 11 is 6.27. The predicted octanol–water partition coefficient (Wildman–Crippen LogP) is 4.25. The third-order valence-electron chi connectivity index (χ3n) is 7.63. The Labute approximate surface area is 242 Å². The number of hydrogen-bond donors (Lipinski definition) is 0. The van der Waals surface area contributed by atoms with Gasteiger partial charge in [0.1, 0.15) is 5.83 Å². The number of aryl methyl sites for hydroxylation is 2. The van der Waals surface area contributed by atoms with Crippen molar-refractivity contribution >= 4 is 29.9 Å². The van der Waals surface area contributed by atoms with Crippen LogP contribution in [0.3, 0.4) is 0 Å². The molecule has 4 rings (SSSR count). The highest BCUT2D eigenvalue weighted by atomic mass is 35.5. The molecule has 0 spiro atoms. The molecule has 0 aliphatic carbocycles. The molecular weight excluding hydrogens is 523 g/mol. The van der Waals surface area contributed by atoms with Crippen LogP contribution in [0.1, 0.15) is 23.6 Å². The first-order valence-corrected chi connectivity index (χ1v) is 14.5. The molecular formula is C33H40ClFN4O. The van der Waals surface area contributed by atoms with E-state index in [4.69, 9.17) is 11.6 Å². The van der Waals surface area contributed by atoms with E-state index >= 15 is 4.39 Å². The molecule has 1 aliphatic rings. The van der Waals surface area contributed by atoms with Gasteiger partial charge in [0, 0.05) is 66.4 Å². The van der Waals surface area contributed by atoms with E-state index in [0.717, 1.165) is 38.2 Å². The highest BCUT2D eigenvalue weighted by molar-refractivity contribution is 6.19. The van der Waals surface area contributed by atoms with E-state index in [2.05, 4.69) is 73.8 Å². The summed E-state index contributed by atoms with van der Waals surface area (Å²) < 4.78 is 17.6. The number of nitrogens with zero attached hydrogens (tertiary/aromatic N) is 4. The van der Waals surface area contributed by atoms with Crippen molar-refractivity contribution in [2.24, 2.45) is 0 Å². The lowest BCUT2D eigenvalue weighted by Gasteiger charge is -2.38. The summed E-state index contributed by atoms with van der Waals surface area (Å²) in [7, 11) is 4.11. The minimum atomic E-state index is -0.492. The van der Waals surface area contributed by atoms with Gasteiger partial charge < -0.3 is 19.3 Å². The lowest BCUT2D eigenvalue weighted by atomic mass is 10.1. The van der Waals surface area contributed by atoms with Gasteiger partial charge in [-0.2, -0.15) is 0 Å². The van der Waals surface area contributed by atoms with Gasteiger partial charge in [-0.05, 0) is 75.3 Å². The van der Waals surface area contributed by atoms with Crippen molar-refractivity contribution in [1.82, 2.24) is 14.4 Å². The van der Waals surface area contributed by atoms with E-state index in [1.54, 1.807) is 13.1 Å².